The first kappa shape index (κ1) is 18.5. The van der Waals surface area contributed by atoms with Crippen LogP contribution in [0.4, 0.5) is 4.79 Å². The van der Waals surface area contributed by atoms with Crippen LogP contribution in [0.3, 0.4) is 0 Å². The van der Waals surface area contributed by atoms with Gasteiger partial charge in [-0.3, -0.25) is 4.90 Å². The molecule has 1 fully saturated rings. The van der Waals surface area contributed by atoms with Gasteiger partial charge in [-0.05, 0) is 49.2 Å². The monoisotopic (exact) mass is 357 g/mol. The van der Waals surface area contributed by atoms with Crippen LogP contribution in [0.1, 0.15) is 35.8 Å². The Labute approximate surface area is 154 Å². The summed E-state index contributed by atoms with van der Waals surface area (Å²) in [6, 6.07) is 11.8. The Hall–Kier alpha value is -2.31. The predicted molar refractivity (Wildman–Crippen MR) is 99.6 cm³/mol. The number of carbonyl (C=O) groups excluding carboxylic acids is 1. The number of rotatable bonds is 8. The van der Waals surface area contributed by atoms with Gasteiger partial charge in [0.2, 0.25) is 0 Å². The fourth-order valence-corrected chi connectivity index (χ4v) is 3.37. The van der Waals surface area contributed by atoms with Gasteiger partial charge in [-0.15, -0.1) is 0 Å². The molecule has 1 saturated heterocycles. The summed E-state index contributed by atoms with van der Waals surface area (Å²) >= 11 is 0. The van der Waals surface area contributed by atoms with Gasteiger partial charge >= 0.3 is 6.03 Å². The Balaban J connectivity index is 1.50. The molecule has 1 aromatic heterocycles. The van der Waals surface area contributed by atoms with Crippen LogP contribution in [0.15, 0.2) is 47.1 Å². The first-order chi connectivity index (χ1) is 12.8. The summed E-state index contributed by atoms with van der Waals surface area (Å²) in [5, 5.41) is 5.90. The molecule has 1 aromatic carbocycles. The number of furan rings is 1. The van der Waals surface area contributed by atoms with Crippen molar-refractivity contribution in [2.45, 2.75) is 32.0 Å². The van der Waals surface area contributed by atoms with Crippen molar-refractivity contribution in [3.63, 3.8) is 0 Å². The average Bonchev–Trinajstić information content (AvgIpc) is 3.35. The fraction of sp³-hybridized carbons (Fsp3) is 0.450. The smallest absolute Gasteiger partial charge is 0.315 e. The summed E-state index contributed by atoms with van der Waals surface area (Å²) in [5.41, 5.74) is 2.15. The maximum Gasteiger partial charge on any atom is 0.315 e. The highest BCUT2D eigenvalue weighted by Crippen LogP contribution is 2.24. The summed E-state index contributed by atoms with van der Waals surface area (Å²) in [5.74, 6) is 0.902. The molecule has 1 aliphatic rings. The molecule has 140 valence electrons. The van der Waals surface area contributed by atoms with Crippen LogP contribution in [-0.4, -0.2) is 37.7 Å². The molecule has 0 bridgehead atoms. The number of amides is 2. The number of hydrogen-bond acceptors (Lipinski definition) is 4. The zero-order chi connectivity index (χ0) is 18.2. The second kappa shape index (κ2) is 9.40. The van der Waals surface area contributed by atoms with Gasteiger partial charge in [0.1, 0.15) is 5.76 Å². The molecule has 1 aliphatic heterocycles. The van der Waals surface area contributed by atoms with E-state index >= 15 is 0 Å². The maximum atomic E-state index is 12.2. The van der Waals surface area contributed by atoms with Gasteiger partial charge in [0, 0.05) is 20.2 Å². The van der Waals surface area contributed by atoms with Crippen LogP contribution in [0.5, 0.6) is 0 Å². The Kier molecular flexibility index (Phi) is 6.68. The lowest BCUT2D eigenvalue weighted by atomic mass is 10.1. The third-order valence-corrected chi connectivity index (χ3v) is 4.66. The van der Waals surface area contributed by atoms with Crippen molar-refractivity contribution in [3.05, 3.63) is 59.5 Å². The van der Waals surface area contributed by atoms with Crippen molar-refractivity contribution in [1.82, 2.24) is 15.5 Å². The fourth-order valence-electron chi connectivity index (χ4n) is 3.37. The second-order valence-corrected chi connectivity index (χ2v) is 6.59. The lowest BCUT2D eigenvalue weighted by Crippen LogP contribution is -2.41. The minimum Gasteiger partial charge on any atom is -0.468 e. The predicted octanol–water partition coefficient (Wildman–Crippen LogP) is 3.06. The molecule has 2 N–H and O–H groups in total. The minimum atomic E-state index is -0.169. The Morgan fingerprint density at radius 2 is 2.00 bits per heavy atom. The van der Waals surface area contributed by atoms with Crippen LogP contribution < -0.4 is 10.6 Å². The van der Waals surface area contributed by atoms with Gasteiger partial charge in [0.25, 0.3) is 0 Å². The normalized spacial score (nSPS) is 15.7. The molecule has 2 amide bonds. The summed E-state index contributed by atoms with van der Waals surface area (Å²) in [4.78, 5) is 14.6. The van der Waals surface area contributed by atoms with Crippen molar-refractivity contribution in [2.75, 3.05) is 26.7 Å². The van der Waals surface area contributed by atoms with Crippen molar-refractivity contribution < 1.29 is 13.9 Å². The highest BCUT2D eigenvalue weighted by molar-refractivity contribution is 5.73. The SMILES string of the molecule is COCc1cccc(CNC(=O)NCC(c2ccco2)N2CCCC2)c1. The van der Waals surface area contributed by atoms with Crippen molar-refractivity contribution in [2.24, 2.45) is 0 Å². The topological polar surface area (TPSA) is 66.7 Å². The molecule has 0 spiro atoms. The number of nitrogens with zero attached hydrogens (tertiary/aromatic N) is 1. The molecule has 6 nitrogen and oxygen atoms in total. The van der Waals surface area contributed by atoms with Gasteiger partial charge in [-0.2, -0.15) is 0 Å². The highest BCUT2D eigenvalue weighted by Gasteiger charge is 2.25. The van der Waals surface area contributed by atoms with E-state index in [-0.39, 0.29) is 12.1 Å². The van der Waals surface area contributed by atoms with E-state index in [9.17, 15) is 4.79 Å². The lowest BCUT2D eigenvalue weighted by molar-refractivity contribution is 0.185. The van der Waals surface area contributed by atoms with E-state index in [1.54, 1.807) is 13.4 Å². The number of methoxy groups -OCH3 is 1. The van der Waals surface area contributed by atoms with E-state index in [2.05, 4.69) is 15.5 Å². The van der Waals surface area contributed by atoms with Crippen molar-refractivity contribution >= 4 is 6.03 Å². The van der Waals surface area contributed by atoms with E-state index in [1.807, 2.05) is 36.4 Å². The largest absolute Gasteiger partial charge is 0.468 e. The number of urea groups is 1. The van der Waals surface area contributed by atoms with Gasteiger partial charge in [0.15, 0.2) is 0 Å². The first-order valence-electron chi connectivity index (χ1n) is 9.12. The number of hydrogen-bond donors (Lipinski definition) is 2. The first-order valence-corrected chi connectivity index (χ1v) is 9.12. The number of ether oxygens (including phenoxy) is 1. The van der Waals surface area contributed by atoms with Crippen molar-refractivity contribution in [1.29, 1.82) is 0 Å². The maximum absolute atomic E-state index is 12.2. The van der Waals surface area contributed by atoms with E-state index < -0.39 is 0 Å². The molecule has 1 unspecified atom stereocenters. The van der Waals surface area contributed by atoms with Crippen molar-refractivity contribution in [3.8, 4) is 0 Å². The number of benzene rings is 1. The van der Waals surface area contributed by atoms with E-state index in [1.165, 1.54) is 12.8 Å². The standard InChI is InChI=1S/C20H27N3O3/c1-25-15-17-7-4-6-16(12-17)13-21-20(24)22-14-18(19-8-5-11-26-19)23-9-2-3-10-23/h4-8,11-12,18H,2-3,9-10,13-15H2,1H3,(H2,21,22,24). The second-order valence-electron chi connectivity index (χ2n) is 6.59. The quantitative estimate of drug-likeness (QED) is 0.762. The molecule has 0 radical (unpaired) electrons. The van der Waals surface area contributed by atoms with E-state index in [0.29, 0.717) is 19.7 Å². The molecule has 2 heterocycles. The van der Waals surface area contributed by atoms with Crippen LogP contribution in [0.25, 0.3) is 0 Å². The molecular weight excluding hydrogens is 330 g/mol. The van der Waals surface area contributed by atoms with E-state index in [0.717, 1.165) is 30.0 Å². The van der Waals surface area contributed by atoms with Crippen LogP contribution in [-0.2, 0) is 17.9 Å². The van der Waals surface area contributed by atoms with Gasteiger partial charge in [-0.1, -0.05) is 24.3 Å². The molecule has 6 heteroatoms. The Morgan fingerprint density at radius 1 is 1.19 bits per heavy atom. The third-order valence-electron chi connectivity index (χ3n) is 4.66. The molecule has 26 heavy (non-hydrogen) atoms. The molecule has 0 saturated carbocycles. The zero-order valence-corrected chi connectivity index (χ0v) is 15.2. The molecule has 1 atom stereocenters. The number of likely N-dealkylation sites (tertiary alicyclic amines) is 1. The zero-order valence-electron chi connectivity index (χ0n) is 15.2. The Bertz CT molecular complexity index is 681. The molecule has 0 aliphatic carbocycles. The van der Waals surface area contributed by atoms with Crippen LogP contribution in [0.2, 0.25) is 0 Å². The molecule has 2 aromatic rings. The van der Waals surface area contributed by atoms with Gasteiger partial charge in [0.05, 0.1) is 18.9 Å². The van der Waals surface area contributed by atoms with E-state index in [4.69, 9.17) is 9.15 Å². The van der Waals surface area contributed by atoms with Crippen LogP contribution in [0, 0.1) is 0 Å². The summed E-state index contributed by atoms with van der Waals surface area (Å²) in [7, 11) is 1.67. The Morgan fingerprint density at radius 3 is 2.73 bits per heavy atom. The highest BCUT2D eigenvalue weighted by atomic mass is 16.5. The average molecular weight is 357 g/mol. The summed E-state index contributed by atoms with van der Waals surface area (Å²) in [6.07, 6.45) is 4.08. The summed E-state index contributed by atoms with van der Waals surface area (Å²) < 4.78 is 10.7. The molecular formula is C20H27N3O3. The van der Waals surface area contributed by atoms with Gasteiger partial charge in [-0.25, -0.2) is 4.79 Å². The number of nitrogens with one attached hydrogen (secondary N) is 2. The minimum absolute atomic E-state index is 0.0864. The lowest BCUT2D eigenvalue weighted by Gasteiger charge is -2.26. The third kappa shape index (κ3) is 5.09. The summed E-state index contributed by atoms with van der Waals surface area (Å²) in [6.45, 7) is 3.67. The molecule has 3 rings (SSSR count). The van der Waals surface area contributed by atoms with Crippen LogP contribution >= 0.6 is 0 Å². The van der Waals surface area contributed by atoms with Gasteiger partial charge < -0.3 is 19.8 Å². The number of carbonyl (C=O) groups is 1.